The summed E-state index contributed by atoms with van der Waals surface area (Å²) in [5.74, 6) is 0.312. The largest absolute Gasteiger partial charge is 0.497 e. The summed E-state index contributed by atoms with van der Waals surface area (Å²) in [4.78, 5) is 24.2. The molecule has 0 fully saturated rings. The summed E-state index contributed by atoms with van der Waals surface area (Å²) in [6.07, 6.45) is 0.732. The summed E-state index contributed by atoms with van der Waals surface area (Å²) in [6.45, 7) is 0.491. The Bertz CT molecular complexity index is 926. The first-order chi connectivity index (χ1) is 13.6. The lowest BCUT2D eigenvalue weighted by molar-refractivity contribution is -0.121. The summed E-state index contributed by atoms with van der Waals surface area (Å²) in [5.41, 5.74) is 1.69. The van der Waals surface area contributed by atoms with E-state index in [1.165, 1.54) is 11.3 Å². The molecule has 2 N–H and O–H groups in total. The summed E-state index contributed by atoms with van der Waals surface area (Å²) in [7, 11) is 1.58. The normalized spacial score (nSPS) is 10.3. The van der Waals surface area contributed by atoms with Crippen LogP contribution in [0.25, 0.3) is 0 Å². The maximum atomic E-state index is 12.3. The fourth-order valence-corrected chi connectivity index (χ4v) is 3.15. The smallest absolute Gasteiger partial charge is 0.286 e. The Morgan fingerprint density at radius 2 is 1.79 bits per heavy atom. The Labute approximate surface area is 166 Å². The third kappa shape index (κ3) is 5.62. The summed E-state index contributed by atoms with van der Waals surface area (Å²) in [5, 5.41) is 14.5. The number of amides is 2. The van der Waals surface area contributed by atoms with E-state index in [0.717, 1.165) is 5.56 Å². The molecule has 0 saturated heterocycles. The van der Waals surface area contributed by atoms with Crippen LogP contribution in [0.5, 0.6) is 5.75 Å². The van der Waals surface area contributed by atoms with Crippen molar-refractivity contribution in [1.82, 2.24) is 15.5 Å². The van der Waals surface area contributed by atoms with Gasteiger partial charge in [-0.2, -0.15) is 0 Å². The predicted molar refractivity (Wildman–Crippen MR) is 107 cm³/mol. The zero-order chi connectivity index (χ0) is 19.8. The molecule has 0 aliphatic carbocycles. The van der Waals surface area contributed by atoms with Gasteiger partial charge in [0, 0.05) is 25.1 Å². The minimum absolute atomic E-state index is 0.0664. The highest BCUT2D eigenvalue weighted by molar-refractivity contribution is 7.13. The maximum Gasteiger partial charge on any atom is 0.286 e. The quantitative estimate of drug-likeness (QED) is 0.610. The lowest BCUT2D eigenvalue weighted by atomic mass is 10.2. The van der Waals surface area contributed by atoms with Gasteiger partial charge >= 0.3 is 0 Å². The molecule has 0 aliphatic rings. The van der Waals surface area contributed by atoms with Gasteiger partial charge < -0.3 is 15.4 Å². The van der Waals surface area contributed by atoms with Gasteiger partial charge in [-0.05, 0) is 29.8 Å². The SMILES string of the molecule is COc1ccc(NC(=O)c2nnc(CCC(=O)NCc3ccccc3)s2)cc1. The van der Waals surface area contributed by atoms with Gasteiger partial charge in [0.05, 0.1) is 7.11 Å². The molecule has 2 aromatic carbocycles. The first-order valence-corrected chi connectivity index (χ1v) is 9.54. The van der Waals surface area contributed by atoms with Crippen molar-refractivity contribution in [2.24, 2.45) is 0 Å². The number of anilines is 1. The third-order valence-electron chi connectivity index (χ3n) is 3.91. The molecular weight excluding hydrogens is 376 g/mol. The topological polar surface area (TPSA) is 93.2 Å². The number of aromatic nitrogens is 2. The van der Waals surface area contributed by atoms with Gasteiger partial charge in [-0.1, -0.05) is 41.7 Å². The van der Waals surface area contributed by atoms with E-state index in [2.05, 4.69) is 20.8 Å². The first-order valence-electron chi connectivity index (χ1n) is 8.72. The van der Waals surface area contributed by atoms with E-state index in [1.54, 1.807) is 31.4 Å². The summed E-state index contributed by atoms with van der Waals surface area (Å²) < 4.78 is 5.09. The molecule has 3 aromatic rings. The molecule has 8 heteroatoms. The maximum absolute atomic E-state index is 12.3. The molecule has 0 atom stereocenters. The highest BCUT2D eigenvalue weighted by Gasteiger charge is 2.14. The average molecular weight is 396 g/mol. The highest BCUT2D eigenvalue weighted by atomic mass is 32.1. The van der Waals surface area contributed by atoms with Gasteiger partial charge in [0.15, 0.2) is 0 Å². The standard InChI is InChI=1S/C20H20N4O3S/c1-27-16-9-7-15(8-10-16)22-19(26)20-24-23-18(28-20)12-11-17(25)21-13-14-5-3-2-4-6-14/h2-10H,11-13H2,1H3,(H,21,25)(H,22,26). The highest BCUT2D eigenvalue weighted by Crippen LogP contribution is 2.17. The van der Waals surface area contributed by atoms with Gasteiger partial charge in [0.2, 0.25) is 10.9 Å². The van der Waals surface area contributed by atoms with Gasteiger partial charge in [-0.15, -0.1) is 10.2 Å². The molecule has 0 aliphatic heterocycles. The van der Waals surface area contributed by atoms with Crippen LogP contribution in [0.1, 0.15) is 26.8 Å². The number of rotatable bonds is 8. The van der Waals surface area contributed by atoms with Gasteiger partial charge in [-0.25, -0.2) is 0 Å². The molecule has 1 aromatic heterocycles. The van der Waals surface area contributed by atoms with Crippen molar-refractivity contribution in [2.75, 3.05) is 12.4 Å². The number of aryl methyl sites for hydroxylation is 1. The Morgan fingerprint density at radius 3 is 2.50 bits per heavy atom. The van der Waals surface area contributed by atoms with E-state index in [0.29, 0.717) is 35.8 Å². The second kappa shape index (κ2) is 9.61. The van der Waals surface area contributed by atoms with Crippen LogP contribution in [0.15, 0.2) is 54.6 Å². The number of nitrogens with one attached hydrogen (secondary N) is 2. The van der Waals surface area contributed by atoms with Gasteiger partial charge in [0.25, 0.3) is 5.91 Å². The molecular formula is C20H20N4O3S. The van der Waals surface area contributed by atoms with Gasteiger partial charge in [0.1, 0.15) is 10.8 Å². The molecule has 0 unspecified atom stereocenters. The Morgan fingerprint density at radius 1 is 1.04 bits per heavy atom. The van der Waals surface area contributed by atoms with E-state index < -0.39 is 0 Å². The number of nitrogens with zero attached hydrogens (tertiary/aromatic N) is 2. The molecule has 0 radical (unpaired) electrons. The molecule has 144 valence electrons. The second-order valence-electron chi connectivity index (χ2n) is 5.95. The zero-order valence-corrected chi connectivity index (χ0v) is 16.2. The fourth-order valence-electron chi connectivity index (χ4n) is 2.41. The van der Waals surface area contributed by atoms with Crippen LogP contribution in [0, 0.1) is 0 Å². The van der Waals surface area contributed by atoms with Crippen LogP contribution in [0.3, 0.4) is 0 Å². The number of hydrogen-bond donors (Lipinski definition) is 2. The zero-order valence-electron chi connectivity index (χ0n) is 15.3. The van der Waals surface area contributed by atoms with Crippen molar-refractivity contribution in [2.45, 2.75) is 19.4 Å². The summed E-state index contributed by atoms with van der Waals surface area (Å²) >= 11 is 1.19. The van der Waals surface area contributed by atoms with Crippen molar-refractivity contribution in [1.29, 1.82) is 0 Å². The molecule has 7 nitrogen and oxygen atoms in total. The van der Waals surface area contributed by atoms with Crippen molar-refractivity contribution in [3.8, 4) is 5.75 Å². The monoisotopic (exact) mass is 396 g/mol. The molecule has 0 spiro atoms. The number of hydrogen-bond acceptors (Lipinski definition) is 6. The van der Waals surface area contributed by atoms with Crippen LogP contribution in [-0.4, -0.2) is 29.1 Å². The van der Waals surface area contributed by atoms with E-state index >= 15 is 0 Å². The molecule has 2 amide bonds. The van der Waals surface area contributed by atoms with Crippen LogP contribution < -0.4 is 15.4 Å². The molecule has 0 saturated carbocycles. The van der Waals surface area contributed by atoms with Crippen molar-refractivity contribution in [3.63, 3.8) is 0 Å². The van der Waals surface area contributed by atoms with E-state index in [-0.39, 0.29) is 16.8 Å². The van der Waals surface area contributed by atoms with Crippen LogP contribution in [0.2, 0.25) is 0 Å². The minimum atomic E-state index is -0.331. The van der Waals surface area contributed by atoms with Crippen molar-refractivity contribution >= 4 is 28.8 Å². The van der Waals surface area contributed by atoms with Crippen LogP contribution >= 0.6 is 11.3 Å². The summed E-state index contributed by atoms with van der Waals surface area (Å²) in [6, 6.07) is 16.7. The molecule has 1 heterocycles. The number of carbonyl (C=O) groups is 2. The van der Waals surface area contributed by atoms with E-state index in [1.807, 2.05) is 30.3 Å². The lowest BCUT2D eigenvalue weighted by Crippen LogP contribution is -2.22. The van der Waals surface area contributed by atoms with Gasteiger partial charge in [-0.3, -0.25) is 9.59 Å². The van der Waals surface area contributed by atoms with Crippen molar-refractivity contribution < 1.29 is 14.3 Å². The van der Waals surface area contributed by atoms with Crippen LogP contribution in [0.4, 0.5) is 5.69 Å². The number of ether oxygens (including phenoxy) is 1. The minimum Gasteiger partial charge on any atom is -0.497 e. The Hall–Kier alpha value is -3.26. The second-order valence-corrected chi connectivity index (χ2v) is 7.01. The molecule has 3 rings (SSSR count). The first kappa shape index (κ1) is 19.5. The molecule has 0 bridgehead atoms. The number of carbonyl (C=O) groups excluding carboxylic acids is 2. The predicted octanol–water partition coefficient (Wildman–Crippen LogP) is 3.05. The molecule has 28 heavy (non-hydrogen) atoms. The lowest BCUT2D eigenvalue weighted by Gasteiger charge is -2.04. The Kier molecular flexibility index (Phi) is 6.69. The fraction of sp³-hybridized carbons (Fsp3) is 0.200. The van der Waals surface area contributed by atoms with Crippen LogP contribution in [-0.2, 0) is 17.8 Å². The average Bonchev–Trinajstić information content (AvgIpc) is 3.21. The third-order valence-corrected chi connectivity index (χ3v) is 4.89. The Balaban J connectivity index is 1.46. The van der Waals surface area contributed by atoms with Crippen molar-refractivity contribution in [3.05, 3.63) is 70.2 Å². The van der Waals surface area contributed by atoms with E-state index in [9.17, 15) is 9.59 Å². The van der Waals surface area contributed by atoms with E-state index in [4.69, 9.17) is 4.74 Å². The number of methoxy groups -OCH3 is 1. The number of benzene rings is 2.